The van der Waals surface area contributed by atoms with Gasteiger partial charge in [-0.1, -0.05) is 42.5 Å². The average Bonchev–Trinajstić information content (AvgIpc) is 2.78. The van der Waals surface area contributed by atoms with Gasteiger partial charge in [0, 0.05) is 11.3 Å². The number of fused-ring (bicyclic) bond motifs is 1. The normalized spacial score (nSPS) is 17.1. The van der Waals surface area contributed by atoms with Crippen LogP contribution in [0.4, 0.5) is 5.69 Å². The summed E-state index contributed by atoms with van der Waals surface area (Å²) in [5.41, 5.74) is 2.01. The van der Waals surface area contributed by atoms with Gasteiger partial charge in [-0.15, -0.1) is 0 Å². The Kier molecular flexibility index (Phi) is 5.66. The third-order valence-electron chi connectivity index (χ3n) is 4.70. The molecule has 1 heterocycles. The molecule has 1 aliphatic heterocycles. The molecule has 1 aliphatic rings. The SMILES string of the molecule is CC1Oc2ccccc2OC1C(=O)OCc1ccc(C(=O)Nc2ccccc2)cc1. The van der Waals surface area contributed by atoms with Crippen LogP contribution in [0.2, 0.25) is 0 Å². The van der Waals surface area contributed by atoms with Crippen LogP contribution in [0.25, 0.3) is 0 Å². The fourth-order valence-electron chi connectivity index (χ4n) is 3.09. The van der Waals surface area contributed by atoms with Crippen molar-refractivity contribution >= 4 is 17.6 Å². The number of amides is 1. The Bertz CT molecular complexity index is 1030. The van der Waals surface area contributed by atoms with Gasteiger partial charge in [0.25, 0.3) is 5.91 Å². The average molecular weight is 403 g/mol. The number of rotatable bonds is 5. The lowest BCUT2D eigenvalue weighted by molar-refractivity contribution is -0.159. The predicted molar refractivity (Wildman–Crippen MR) is 112 cm³/mol. The van der Waals surface area contributed by atoms with Crippen molar-refractivity contribution < 1.29 is 23.8 Å². The topological polar surface area (TPSA) is 73.9 Å². The summed E-state index contributed by atoms with van der Waals surface area (Å²) in [6, 6.07) is 23.3. The summed E-state index contributed by atoms with van der Waals surface area (Å²) in [6.45, 7) is 1.84. The van der Waals surface area contributed by atoms with E-state index in [0.29, 0.717) is 17.1 Å². The summed E-state index contributed by atoms with van der Waals surface area (Å²) in [7, 11) is 0. The lowest BCUT2D eigenvalue weighted by atomic mass is 10.1. The first-order chi connectivity index (χ1) is 14.6. The number of carbonyl (C=O) groups excluding carboxylic acids is 2. The summed E-state index contributed by atoms with van der Waals surface area (Å²) in [6.07, 6.45) is -1.30. The van der Waals surface area contributed by atoms with Crippen molar-refractivity contribution in [2.75, 3.05) is 5.32 Å². The van der Waals surface area contributed by atoms with E-state index in [2.05, 4.69) is 5.32 Å². The van der Waals surface area contributed by atoms with Gasteiger partial charge in [-0.25, -0.2) is 4.79 Å². The summed E-state index contributed by atoms with van der Waals surface area (Å²) in [4.78, 5) is 24.8. The van der Waals surface area contributed by atoms with Gasteiger partial charge < -0.3 is 19.5 Å². The highest BCUT2D eigenvalue weighted by Crippen LogP contribution is 2.33. The van der Waals surface area contributed by atoms with E-state index >= 15 is 0 Å². The number of para-hydroxylation sites is 3. The third kappa shape index (κ3) is 4.43. The van der Waals surface area contributed by atoms with Gasteiger partial charge >= 0.3 is 5.97 Å². The highest BCUT2D eigenvalue weighted by atomic mass is 16.6. The Balaban J connectivity index is 1.33. The second-order valence-corrected chi connectivity index (χ2v) is 6.93. The summed E-state index contributed by atoms with van der Waals surface area (Å²) in [5, 5.41) is 2.83. The van der Waals surface area contributed by atoms with Crippen molar-refractivity contribution in [2.45, 2.75) is 25.7 Å². The number of benzene rings is 3. The van der Waals surface area contributed by atoms with Crippen LogP contribution in [0.5, 0.6) is 11.5 Å². The summed E-state index contributed by atoms with van der Waals surface area (Å²) in [5.74, 6) is 0.428. The van der Waals surface area contributed by atoms with E-state index < -0.39 is 18.2 Å². The summed E-state index contributed by atoms with van der Waals surface area (Å²) >= 11 is 0. The molecule has 152 valence electrons. The number of hydrogen-bond acceptors (Lipinski definition) is 5. The second-order valence-electron chi connectivity index (χ2n) is 6.93. The molecule has 1 N–H and O–H groups in total. The highest BCUT2D eigenvalue weighted by molar-refractivity contribution is 6.04. The Morgan fingerprint density at radius 1 is 0.867 bits per heavy atom. The van der Waals surface area contributed by atoms with Gasteiger partial charge in [0.15, 0.2) is 11.5 Å². The number of carbonyl (C=O) groups is 2. The molecule has 2 atom stereocenters. The largest absolute Gasteiger partial charge is 0.482 e. The predicted octanol–water partition coefficient (Wildman–Crippen LogP) is 4.21. The maximum atomic E-state index is 12.5. The van der Waals surface area contributed by atoms with Crippen LogP contribution in [-0.2, 0) is 16.1 Å². The van der Waals surface area contributed by atoms with E-state index in [1.54, 1.807) is 43.3 Å². The lowest BCUT2D eigenvalue weighted by Gasteiger charge is -2.30. The first kappa shape index (κ1) is 19.5. The monoisotopic (exact) mass is 403 g/mol. The molecule has 0 radical (unpaired) electrons. The minimum atomic E-state index is -0.837. The van der Waals surface area contributed by atoms with Gasteiger partial charge in [0.2, 0.25) is 6.10 Å². The molecular formula is C24H21NO5. The number of nitrogens with one attached hydrogen (secondary N) is 1. The van der Waals surface area contributed by atoms with Crippen molar-refractivity contribution in [3.05, 3.63) is 90.0 Å². The van der Waals surface area contributed by atoms with Crippen LogP contribution in [0.3, 0.4) is 0 Å². The standard InChI is InChI=1S/C24H21NO5/c1-16-22(30-21-10-6-5-9-20(21)29-16)24(27)28-15-17-11-13-18(14-12-17)23(26)25-19-7-3-2-4-8-19/h2-14,16,22H,15H2,1H3,(H,25,26). The molecule has 30 heavy (non-hydrogen) atoms. The van der Waals surface area contributed by atoms with Gasteiger partial charge in [-0.05, 0) is 48.9 Å². The lowest BCUT2D eigenvalue weighted by Crippen LogP contribution is -2.44. The molecule has 6 nitrogen and oxygen atoms in total. The molecule has 2 unspecified atom stereocenters. The Morgan fingerprint density at radius 3 is 2.20 bits per heavy atom. The molecule has 0 saturated heterocycles. The number of ether oxygens (including phenoxy) is 3. The van der Waals surface area contributed by atoms with E-state index in [9.17, 15) is 9.59 Å². The van der Waals surface area contributed by atoms with Crippen molar-refractivity contribution in [2.24, 2.45) is 0 Å². The first-order valence-electron chi connectivity index (χ1n) is 9.64. The maximum absolute atomic E-state index is 12.5. The van der Waals surface area contributed by atoms with Crippen LogP contribution >= 0.6 is 0 Å². The van der Waals surface area contributed by atoms with E-state index in [1.165, 1.54) is 0 Å². The zero-order chi connectivity index (χ0) is 20.9. The van der Waals surface area contributed by atoms with Crippen molar-refractivity contribution in [1.29, 1.82) is 0 Å². The van der Waals surface area contributed by atoms with Gasteiger partial charge in [-0.2, -0.15) is 0 Å². The van der Waals surface area contributed by atoms with Gasteiger partial charge in [0.05, 0.1) is 0 Å². The summed E-state index contributed by atoms with van der Waals surface area (Å²) < 4.78 is 16.9. The molecule has 3 aromatic rings. The van der Waals surface area contributed by atoms with Crippen LogP contribution in [-0.4, -0.2) is 24.1 Å². The first-order valence-corrected chi connectivity index (χ1v) is 9.64. The van der Waals surface area contributed by atoms with Crippen molar-refractivity contribution in [3.8, 4) is 11.5 Å². The molecule has 0 aliphatic carbocycles. The van der Waals surface area contributed by atoms with Crippen molar-refractivity contribution in [3.63, 3.8) is 0 Å². The molecule has 0 aromatic heterocycles. The molecule has 0 fully saturated rings. The molecule has 0 spiro atoms. The van der Waals surface area contributed by atoms with Crippen LogP contribution in [0.1, 0.15) is 22.8 Å². The van der Waals surface area contributed by atoms with E-state index in [0.717, 1.165) is 11.3 Å². The molecule has 0 bridgehead atoms. The maximum Gasteiger partial charge on any atom is 0.351 e. The number of hydrogen-bond donors (Lipinski definition) is 1. The molecule has 4 rings (SSSR count). The number of anilines is 1. The van der Waals surface area contributed by atoms with E-state index in [1.807, 2.05) is 42.5 Å². The molecular weight excluding hydrogens is 382 g/mol. The van der Waals surface area contributed by atoms with Gasteiger partial charge in [-0.3, -0.25) is 4.79 Å². The molecule has 6 heteroatoms. The second kappa shape index (κ2) is 8.69. The van der Waals surface area contributed by atoms with Crippen LogP contribution < -0.4 is 14.8 Å². The van der Waals surface area contributed by atoms with Crippen LogP contribution in [0, 0.1) is 0 Å². The quantitative estimate of drug-likeness (QED) is 0.646. The Labute approximate surface area is 174 Å². The molecule has 3 aromatic carbocycles. The number of esters is 1. The van der Waals surface area contributed by atoms with E-state index in [4.69, 9.17) is 14.2 Å². The zero-order valence-corrected chi connectivity index (χ0v) is 16.4. The van der Waals surface area contributed by atoms with Crippen molar-refractivity contribution in [1.82, 2.24) is 0 Å². The van der Waals surface area contributed by atoms with Crippen LogP contribution in [0.15, 0.2) is 78.9 Å². The fourth-order valence-corrected chi connectivity index (χ4v) is 3.09. The van der Waals surface area contributed by atoms with Gasteiger partial charge in [0.1, 0.15) is 12.7 Å². The smallest absolute Gasteiger partial charge is 0.351 e. The minimum Gasteiger partial charge on any atom is -0.482 e. The third-order valence-corrected chi connectivity index (χ3v) is 4.70. The fraction of sp³-hybridized carbons (Fsp3) is 0.167. The highest BCUT2D eigenvalue weighted by Gasteiger charge is 2.35. The van der Waals surface area contributed by atoms with E-state index in [-0.39, 0.29) is 12.5 Å². The molecule has 0 saturated carbocycles. The minimum absolute atomic E-state index is 0.0770. The molecule has 1 amide bonds. The Morgan fingerprint density at radius 2 is 1.50 bits per heavy atom. The Hall–Kier alpha value is -3.80. The zero-order valence-electron chi connectivity index (χ0n) is 16.4.